The van der Waals surface area contributed by atoms with Crippen molar-refractivity contribution in [2.75, 3.05) is 39.3 Å². The molecule has 0 radical (unpaired) electrons. The van der Waals surface area contributed by atoms with Gasteiger partial charge in [0.2, 0.25) is 0 Å². The molecular weight excluding hydrogens is 284 g/mol. The van der Waals surface area contributed by atoms with Crippen LogP contribution in [0.25, 0.3) is 0 Å². The van der Waals surface area contributed by atoms with E-state index in [9.17, 15) is 9.90 Å². The molecule has 0 bridgehead atoms. The molecule has 1 fully saturated rings. The van der Waals surface area contributed by atoms with E-state index in [4.69, 9.17) is 0 Å². The zero-order valence-electron chi connectivity index (χ0n) is 13.3. The number of rotatable bonds is 6. The molecular formula is C16H26N2O2S. The van der Waals surface area contributed by atoms with Crippen molar-refractivity contribution in [1.82, 2.24) is 9.80 Å². The second-order valence-electron chi connectivity index (χ2n) is 6.41. The lowest BCUT2D eigenvalue weighted by Gasteiger charge is -2.36. The number of β-amino-alcohol motifs (C(OH)–C–C–N with tert-alkyl or cyclic N) is 1. The molecule has 0 unspecified atom stereocenters. The van der Waals surface area contributed by atoms with Crippen LogP contribution in [0.15, 0.2) is 12.1 Å². The van der Waals surface area contributed by atoms with Crippen LogP contribution in [0, 0.1) is 0 Å². The third-order valence-electron chi connectivity index (χ3n) is 3.73. The quantitative estimate of drug-likeness (QED) is 0.815. The highest BCUT2D eigenvalue weighted by atomic mass is 32.1. The molecule has 0 spiro atoms. The van der Waals surface area contributed by atoms with Gasteiger partial charge in [-0.3, -0.25) is 14.6 Å². The van der Waals surface area contributed by atoms with Crippen molar-refractivity contribution in [1.29, 1.82) is 0 Å². The maximum atomic E-state index is 12.3. The van der Waals surface area contributed by atoms with E-state index in [1.54, 1.807) is 11.3 Å². The van der Waals surface area contributed by atoms with Crippen molar-refractivity contribution in [2.45, 2.75) is 32.8 Å². The van der Waals surface area contributed by atoms with Gasteiger partial charge in [0.1, 0.15) is 0 Å². The number of hydrogen-bond acceptors (Lipinski definition) is 5. The summed E-state index contributed by atoms with van der Waals surface area (Å²) in [7, 11) is 0. The standard InChI is InChI=1S/C16H26N2O2S/c1-4-13-5-6-15(21-13)14(19)11-17-7-9-18(10-8-17)12-16(2,3)20/h5-6,20H,4,7-12H2,1-3H3. The average molecular weight is 310 g/mol. The van der Waals surface area contributed by atoms with Gasteiger partial charge in [-0.15, -0.1) is 11.3 Å². The predicted octanol–water partition coefficient (Wildman–Crippen LogP) is 1.88. The number of carbonyl (C=O) groups is 1. The van der Waals surface area contributed by atoms with Crippen molar-refractivity contribution < 1.29 is 9.90 Å². The molecule has 4 nitrogen and oxygen atoms in total. The lowest BCUT2D eigenvalue weighted by Crippen LogP contribution is -2.51. The van der Waals surface area contributed by atoms with Crippen molar-refractivity contribution in [3.05, 3.63) is 21.9 Å². The molecule has 2 heterocycles. The first-order valence-corrected chi connectivity index (χ1v) is 8.48. The largest absolute Gasteiger partial charge is 0.389 e. The summed E-state index contributed by atoms with van der Waals surface area (Å²) < 4.78 is 0. The van der Waals surface area contributed by atoms with E-state index >= 15 is 0 Å². The Morgan fingerprint density at radius 2 is 1.86 bits per heavy atom. The highest BCUT2D eigenvalue weighted by molar-refractivity contribution is 7.14. The van der Waals surface area contributed by atoms with Crippen LogP contribution in [-0.2, 0) is 6.42 Å². The Morgan fingerprint density at radius 1 is 1.24 bits per heavy atom. The summed E-state index contributed by atoms with van der Waals surface area (Å²) in [5.41, 5.74) is -0.647. The van der Waals surface area contributed by atoms with E-state index in [-0.39, 0.29) is 5.78 Å². The normalized spacial score (nSPS) is 18.1. The minimum absolute atomic E-state index is 0.232. The summed E-state index contributed by atoms with van der Waals surface area (Å²) in [4.78, 5) is 18.9. The number of thiophene rings is 1. The van der Waals surface area contributed by atoms with Crippen LogP contribution in [-0.4, -0.2) is 65.6 Å². The van der Waals surface area contributed by atoms with Crippen molar-refractivity contribution in [2.24, 2.45) is 0 Å². The first-order valence-electron chi connectivity index (χ1n) is 7.66. The molecule has 0 aromatic carbocycles. The van der Waals surface area contributed by atoms with Crippen LogP contribution in [0.4, 0.5) is 0 Å². The fraction of sp³-hybridized carbons (Fsp3) is 0.688. The number of aliphatic hydroxyl groups is 1. The second-order valence-corrected chi connectivity index (χ2v) is 7.58. The zero-order chi connectivity index (χ0) is 15.5. The maximum Gasteiger partial charge on any atom is 0.186 e. The molecule has 1 N–H and O–H groups in total. The van der Waals surface area contributed by atoms with Gasteiger partial charge in [-0.05, 0) is 32.4 Å². The lowest BCUT2D eigenvalue weighted by atomic mass is 10.1. The molecule has 1 aromatic rings. The molecule has 5 heteroatoms. The number of carbonyl (C=O) groups excluding carboxylic acids is 1. The first kappa shape index (κ1) is 16.6. The van der Waals surface area contributed by atoms with E-state index in [1.165, 1.54) is 4.88 Å². The minimum atomic E-state index is -0.647. The average Bonchev–Trinajstić information content (AvgIpc) is 2.88. The molecule has 0 aliphatic carbocycles. The number of ketones is 1. The van der Waals surface area contributed by atoms with Crippen molar-refractivity contribution in [3.63, 3.8) is 0 Å². The molecule has 0 saturated carbocycles. The number of aryl methyl sites for hydroxylation is 1. The summed E-state index contributed by atoms with van der Waals surface area (Å²) in [6, 6.07) is 4.01. The van der Waals surface area contributed by atoms with Gasteiger partial charge in [0, 0.05) is 37.6 Å². The molecule has 0 atom stereocenters. The molecule has 1 aliphatic rings. The third-order valence-corrected chi connectivity index (χ3v) is 5.00. The van der Waals surface area contributed by atoms with Gasteiger partial charge in [-0.25, -0.2) is 0 Å². The molecule has 2 rings (SSSR count). The molecule has 21 heavy (non-hydrogen) atoms. The van der Waals surface area contributed by atoms with Gasteiger partial charge in [0.05, 0.1) is 17.0 Å². The predicted molar refractivity (Wildman–Crippen MR) is 87.2 cm³/mol. The van der Waals surface area contributed by atoms with Crippen LogP contribution in [0.5, 0.6) is 0 Å². The van der Waals surface area contributed by atoms with Crippen LogP contribution >= 0.6 is 11.3 Å². The van der Waals surface area contributed by atoms with E-state index in [2.05, 4.69) is 22.8 Å². The lowest BCUT2D eigenvalue weighted by molar-refractivity contribution is 0.0179. The summed E-state index contributed by atoms with van der Waals surface area (Å²) in [6.07, 6.45) is 0.994. The maximum absolute atomic E-state index is 12.3. The summed E-state index contributed by atoms with van der Waals surface area (Å²) in [6.45, 7) is 10.6. The van der Waals surface area contributed by atoms with E-state index in [1.807, 2.05) is 19.9 Å². The van der Waals surface area contributed by atoms with Gasteiger partial charge >= 0.3 is 0 Å². The molecule has 1 saturated heterocycles. The fourth-order valence-electron chi connectivity index (χ4n) is 2.65. The van der Waals surface area contributed by atoms with Gasteiger partial charge < -0.3 is 5.11 Å². The van der Waals surface area contributed by atoms with Crippen molar-refractivity contribution >= 4 is 17.1 Å². The van der Waals surface area contributed by atoms with Gasteiger partial charge in [-0.1, -0.05) is 6.92 Å². The SMILES string of the molecule is CCc1ccc(C(=O)CN2CCN(CC(C)(C)O)CC2)s1. The van der Waals surface area contributed by atoms with Gasteiger partial charge in [0.15, 0.2) is 5.78 Å². The Hall–Kier alpha value is -0.750. The molecule has 118 valence electrons. The first-order chi connectivity index (χ1) is 9.87. The Kier molecular flexibility index (Phi) is 5.54. The highest BCUT2D eigenvalue weighted by Gasteiger charge is 2.24. The van der Waals surface area contributed by atoms with Crippen LogP contribution in [0.3, 0.4) is 0 Å². The molecule has 0 amide bonds. The Bertz CT molecular complexity index is 471. The Balaban J connectivity index is 1.79. The van der Waals surface area contributed by atoms with Crippen LogP contribution in [0.1, 0.15) is 35.3 Å². The Morgan fingerprint density at radius 3 is 2.38 bits per heavy atom. The van der Waals surface area contributed by atoms with Gasteiger partial charge in [-0.2, -0.15) is 0 Å². The second kappa shape index (κ2) is 7.01. The number of piperazine rings is 1. The number of hydrogen-bond donors (Lipinski definition) is 1. The molecule has 1 aromatic heterocycles. The van der Waals surface area contributed by atoms with E-state index in [0.29, 0.717) is 13.1 Å². The number of nitrogens with zero attached hydrogens (tertiary/aromatic N) is 2. The smallest absolute Gasteiger partial charge is 0.186 e. The van der Waals surface area contributed by atoms with Crippen LogP contribution < -0.4 is 0 Å². The van der Waals surface area contributed by atoms with E-state index in [0.717, 1.165) is 37.5 Å². The summed E-state index contributed by atoms with van der Waals surface area (Å²) in [5, 5.41) is 9.85. The topological polar surface area (TPSA) is 43.8 Å². The Labute approximate surface area is 131 Å². The van der Waals surface area contributed by atoms with Gasteiger partial charge in [0.25, 0.3) is 0 Å². The minimum Gasteiger partial charge on any atom is -0.389 e. The third kappa shape index (κ3) is 5.18. The zero-order valence-corrected chi connectivity index (χ0v) is 14.1. The monoisotopic (exact) mass is 310 g/mol. The fourth-order valence-corrected chi connectivity index (χ4v) is 3.53. The summed E-state index contributed by atoms with van der Waals surface area (Å²) in [5.74, 6) is 0.232. The van der Waals surface area contributed by atoms with Crippen LogP contribution in [0.2, 0.25) is 0 Å². The van der Waals surface area contributed by atoms with Crippen molar-refractivity contribution in [3.8, 4) is 0 Å². The number of Topliss-reactive ketones (excluding diaryl/α,β-unsaturated/α-hetero) is 1. The molecule has 1 aliphatic heterocycles. The van der Waals surface area contributed by atoms with E-state index < -0.39 is 5.60 Å². The summed E-state index contributed by atoms with van der Waals surface area (Å²) >= 11 is 1.62. The highest BCUT2D eigenvalue weighted by Crippen LogP contribution is 2.18.